The summed E-state index contributed by atoms with van der Waals surface area (Å²) in [6.45, 7) is 1.08. The molecule has 1 unspecified atom stereocenters. The second-order valence-corrected chi connectivity index (χ2v) is 4.54. The van der Waals surface area contributed by atoms with E-state index in [0.717, 1.165) is 9.37 Å². The molecule has 0 saturated carbocycles. The lowest BCUT2D eigenvalue weighted by atomic mass is 10.9. The first-order chi connectivity index (χ1) is 3.60. The van der Waals surface area contributed by atoms with E-state index in [-0.39, 0.29) is 0 Å². The van der Waals surface area contributed by atoms with Crippen LogP contribution < -0.4 is 0 Å². The predicted octanol–water partition coefficient (Wildman–Crippen LogP) is 1.16. The molecule has 0 bridgehead atoms. The summed E-state index contributed by atoms with van der Waals surface area (Å²) in [5.74, 6) is 0. The van der Waals surface area contributed by atoms with Gasteiger partial charge < -0.3 is 4.90 Å². The van der Waals surface area contributed by atoms with Crippen molar-refractivity contribution in [3.8, 4) is 0 Å². The van der Waals surface area contributed by atoms with Crippen LogP contribution in [0.4, 0.5) is 0 Å². The molecule has 0 radical (unpaired) electrons. The minimum atomic E-state index is 0.953. The molecule has 46 valence electrons. The summed E-state index contributed by atoms with van der Waals surface area (Å²) in [5, 5.41) is 0. The van der Waals surface area contributed by atoms with Gasteiger partial charge in [-0.1, -0.05) is 0 Å². The fourth-order valence-corrected chi connectivity index (χ4v) is 1.41. The van der Waals surface area contributed by atoms with Crippen molar-refractivity contribution in [2.75, 3.05) is 20.8 Å². The van der Waals surface area contributed by atoms with Gasteiger partial charge in [-0.15, -0.1) is 0 Å². The molecular formula is C5H10IN2+. The van der Waals surface area contributed by atoms with E-state index in [9.17, 15) is 0 Å². The molecule has 0 aromatic heterocycles. The number of hydrogen-bond donors (Lipinski definition) is 0. The summed E-state index contributed by atoms with van der Waals surface area (Å²) in [6.07, 6.45) is 4.27. The van der Waals surface area contributed by atoms with Gasteiger partial charge in [0.1, 0.15) is 6.20 Å². The number of nitrogens with zero attached hydrogens (tertiary/aromatic N) is 2. The van der Waals surface area contributed by atoms with Gasteiger partial charge in [-0.05, 0) is 0 Å². The highest BCUT2D eigenvalue weighted by molar-refractivity contribution is 14.1. The predicted molar refractivity (Wildman–Crippen MR) is 42.0 cm³/mol. The molecule has 1 atom stereocenters. The lowest BCUT2D eigenvalue weighted by Gasteiger charge is -2.16. The molecular weight excluding hydrogens is 215 g/mol. The minimum Gasteiger partial charge on any atom is -0.329 e. The maximum Gasteiger partial charge on any atom is 0.255 e. The van der Waals surface area contributed by atoms with Crippen molar-refractivity contribution in [2.45, 2.75) is 0 Å². The number of quaternary nitrogens is 1. The van der Waals surface area contributed by atoms with Crippen LogP contribution in [0.5, 0.6) is 0 Å². The van der Waals surface area contributed by atoms with Gasteiger partial charge in [0.2, 0.25) is 0 Å². The number of hydrogen-bond acceptors (Lipinski definition) is 1. The topological polar surface area (TPSA) is 3.24 Å². The van der Waals surface area contributed by atoms with Crippen molar-refractivity contribution in [1.82, 2.24) is 4.90 Å². The van der Waals surface area contributed by atoms with Gasteiger partial charge in [0.05, 0.1) is 13.2 Å². The van der Waals surface area contributed by atoms with Crippen molar-refractivity contribution >= 4 is 22.9 Å². The molecule has 1 aliphatic heterocycles. The summed E-state index contributed by atoms with van der Waals surface area (Å²) in [5.41, 5.74) is 0. The quantitative estimate of drug-likeness (QED) is 0.441. The van der Waals surface area contributed by atoms with Crippen molar-refractivity contribution in [3.63, 3.8) is 0 Å². The Morgan fingerprint density at radius 3 is 2.50 bits per heavy atom. The summed E-state index contributed by atoms with van der Waals surface area (Å²) in [6, 6.07) is 0. The molecule has 0 aliphatic carbocycles. The third-order valence-corrected chi connectivity index (χ3v) is 1.76. The van der Waals surface area contributed by atoms with Crippen molar-refractivity contribution in [3.05, 3.63) is 12.4 Å². The Bertz CT molecular complexity index is 120. The van der Waals surface area contributed by atoms with Crippen molar-refractivity contribution in [1.29, 1.82) is 0 Å². The lowest BCUT2D eigenvalue weighted by molar-refractivity contribution is -0.674. The number of halogens is 1. The molecule has 8 heavy (non-hydrogen) atoms. The Kier molecular flexibility index (Phi) is 1.49. The van der Waals surface area contributed by atoms with Crippen molar-refractivity contribution in [2.24, 2.45) is 0 Å². The van der Waals surface area contributed by atoms with Crippen LogP contribution in [-0.2, 0) is 0 Å². The van der Waals surface area contributed by atoms with Gasteiger partial charge in [-0.2, -0.15) is 0 Å². The van der Waals surface area contributed by atoms with E-state index in [0.29, 0.717) is 0 Å². The van der Waals surface area contributed by atoms with E-state index in [2.05, 4.69) is 54.3 Å². The van der Waals surface area contributed by atoms with E-state index in [4.69, 9.17) is 0 Å². The van der Waals surface area contributed by atoms with E-state index in [1.807, 2.05) is 0 Å². The van der Waals surface area contributed by atoms with Crippen LogP contribution in [0, 0.1) is 0 Å². The maximum atomic E-state index is 2.39. The first-order valence-electron chi connectivity index (χ1n) is 2.55. The monoisotopic (exact) mass is 225 g/mol. The molecule has 2 nitrogen and oxygen atoms in total. The Hall–Kier alpha value is 0.230. The number of rotatable bonds is 0. The van der Waals surface area contributed by atoms with Gasteiger partial charge >= 0.3 is 0 Å². The van der Waals surface area contributed by atoms with E-state index in [1.54, 1.807) is 0 Å². The van der Waals surface area contributed by atoms with Gasteiger partial charge in [0.15, 0.2) is 6.67 Å². The molecule has 0 aromatic carbocycles. The van der Waals surface area contributed by atoms with Gasteiger partial charge in [-0.25, -0.2) is 2.70 Å². The summed E-state index contributed by atoms with van der Waals surface area (Å²) in [4.78, 5) is 2.17. The summed E-state index contributed by atoms with van der Waals surface area (Å²) in [7, 11) is 4.25. The normalized spacial score (nSPS) is 36.6. The van der Waals surface area contributed by atoms with Gasteiger partial charge in [-0.3, -0.25) is 0 Å². The Labute approximate surface area is 63.9 Å². The molecule has 0 aromatic rings. The van der Waals surface area contributed by atoms with E-state index >= 15 is 0 Å². The van der Waals surface area contributed by atoms with Crippen LogP contribution >= 0.6 is 22.9 Å². The lowest BCUT2D eigenvalue weighted by Crippen LogP contribution is -2.28. The zero-order valence-corrected chi connectivity index (χ0v) is 7.29. The average molecular weight is 225 g/mol. The molecule has 0 fully saturated rings. The smallest absolute Gasteiger partial charge is 0.255 e. The largest absolute Gasteiger partial charge is 0.329 e. The standard InChI is InChI=1S/C5H10IN2/c1-7-3-4-8(2,6)5-7/h3-4H,5H2,1-2H3/q+1. The van der Waals surface area contributed by atoms with Gasteiger partial charge in [0, 0.05) is 7.05 Å². The third kappa shape index (κ3) is 1.35. The van der Waals surface area contributed by atoms with Crippen LogP contribution in [0.2, 0.25) is 0 Å². The Morgan fingerprint density at radius 2 is 2.38 bits per heavy atom. The SMILES string of the molecule is CN1C=C[N+](C)(I)C1. The third-order valence-electron chi connectivity index (χ3n) is 1.13. The Morgan fingerprint density at radius 1 is 1.75 bits per heavy atom. The molecule has 1 rings (SSSR count). The molecule has 0 N–H and O–H groups in total. The maximum absolute atomic E-state index is 2.39. The molecule has 0 saturated heterocycles. The summed E-state index contributed by atoms with van der Waals surface area (Å²) < 4.78 is 0.953. The molecule has 1 aliphatic rings. The van der Waals surface area contributed by atoms with E-state index < -0.39 is 0 Å². The van der Waals surface area contributed by atoms with E-state index in [1.165, 1.54) is 0 Å². The fourth-order valence-electron chi connectivity index (χ4n) is 0.783. The highest BCUT2D eigenvalue weighted by Crippen LogP contribution is 2.18. The zero-order chi connectivity index (χ0) is 6.20. The highest BCUT2D eigenvalue weighted by atomic mass is 127. The average Bonchev–Trinajstić information content (AvgIpc) is 1.82. The van der Waals surface area contributed by atoms with Gasteiger partial charge in [0.25, 0.3) is 22.9 Å². The highest BCUT2D eigenvalue weighted by Gasteiger charge is 2.21. The van der Waals surface area contributed by atoms with Crippen molar-refractivity contribution < 1.29 is 2.70 Å². The van der Waals surface area contributed by atoms with Crippen LogP contribution in [0.15, 0.2) is 12.4 Å². The molecule has 3 heteroatoms. The molecule has 0 amide bonds. The second kappa shape index (κ2) is 1.88. The first-order valence-corrected chi connectivity index (χ1v) is 3.51. The fraction of sp³-hybridized carbons (Fsp3) is 0.600. The summed E-state index contributed by atoms with van der Waals surface area (Å²) >= 11 is 2.39. The minimum absolute atomic E-state index is 0.953. The first kappa shape index (κ1) is 6.35. The van der Waals surface area contributed by atoms with Crippen LogP contribution in [-0.4, -0.2) is 28.4 Å². The van der Waals surface area contributed by atoms with Crippen LogP contribution in [0.3, 0.4) is 0 Å². The van der Waals surface area contributed by atoms with Crippen LogP contribution in [0.1, 0.15) is 0 Å². The second-order valence-electron chi connectivity index (χ2n) is 2.34. The Balaban J connectivity index is 2.58. The zero-order valence-electron chi connectivity index (χ0n) is 5.13. The van der Waals surface area contributed by atoms with Crippen LogP contribution in [0.25, 0.3) is 0 Å². The molecule has 0 spiro atoms. The molecule has 1 heterocycles.